The molecule has 0 spiro atoms. The smallest absolute Gasteiger partial charge is 0.248 e. The Morgan fingerprint density at radius 2 is 1.81 bits per heavy atom. The normalized spacial score (nSPS) is 11.2. The number of hydrogen-bond acceptors (Lipinski definition) is 2. The topological polar surface area (TPSA) is 87.6 Å². The van der Waals surface area contributed by atoms with E-state index in [1.807, 2.05) is 30.5 Å². The van der Waals surface area contributed by atoms with Gasteiger partial charge in [-0.05, 0) is 29.0 Å². The lowest BCUT2D eigenvalue weighted by Crippen LogP contribution is -2.10. The van der Waals surface area contributed by atoms with Crippen LogP contribution in [0.15, 0.2) is 48.8 Å². The van der Waals surface area contributed by atoms with E-state index in [2.05, 4.69) is 21.2 Å². The Bertz CT molecular complexity index is 934. The fourth-order valence-electron chi connectivity index (χ4n) is 2.60. The number of hydrogen-bond donors (Lipinski definition) is 3. The van der Waals surface area contributed by atoms with E-state index in [0.717, 1.165) is 33.3 Å². The molecule has 1 amide bonds. The molecule has 0 unspecified atom stereocenters. The maximum absolute atomic E-state index is 11.2. The summed E-state index contributed by atoms with van der Waals surface area (Å²) in [5.41, 5.74) is 9.93. The number of H-pyrrole nitrogens is 2. The second kappa shape index (κ2) is 4.21. The van der Waals surface area contributed by atoms with Crippen LogP contribution in [0.1, 0.15) is 10.4 Å². The zero-order chi connectivity index (χ0) is 14.4. The van der Waals surface area contributed by atoms with E-state index in [-0.39, 0.29) is 0 Å². The molecule has 0 fully saturated rings. The maximum atomic E-state index is 11.2. The Morgan fingerprint density at radius 1 is 1.00 bits per heavy atom. The van der Waals surface area contributed by atoms with Gasteiger partial charge in [0.2, 0.25) is 5.91 Å². The molecule has 4 rings (SSSR count). The molecule has 0 aliphatic carbocycles. The molecule has 0 bridgehead atoms. The molecule has 2 heterocycles. The highest BCUT2D eigenvalue weighted by molar-refractivity contribution is 5.98. The summed E-state index contributed by atoms with van der Waals surface area (Å²) < 4.78 is 0. The first-order valence-corrected chi connectivity index (χ1v) is 6.56. The summed E-state index contributed by atoms with van der Waals surface area (Å²) in [6.07, 6.45) is 3.62. The van der Waals surface area contributed by atoms with Crippen molar-refractivity contribution in [2.45, 2.75) is 0 Å². The van der Waals surface area contributed by atoms with E-state index >= 15 is 0 Å². The largest absolute Gasteiger partial charge is 0.366 e. The van der Waals surface area contributed by atoms with Crippen molar-refractivity contribution in [2.24, 2.45) is 5.73 Å². The predicted octanol–water partition coefficient (Wildman–Crippen LogP) is 2.76. The third kappa shape index (κ3) is 1.79. The van der Waals surface area contributed by atoms with Crippen LogP contribution in [-0.4, -0.2) is 21.1 Å². The zero-order valence-corrected chi connectivity index (χ0v) is 11.1. The molecule has 21 heavy (non-hydrogen) atoms. The van der Waals surface area contributed by atoms with Crippen molar-refractivity contribution >= 4 is 16.7 Å². The molecule has 2 aromatic carbocycles. The predicted molar refractivity (Wildman–Crippen MR) is 81.0 cm³/mol. The third-order valence-electron chi connectivity index (χ3n) is 3.70. The number of nitrogens with two attached hydrogens (primary N) is 1. The number of carbonyl (C=O) groups is 1. The quantitative estimate of drug-likeness (QED) is 0.525. The Hall–Kier alpha value is -3.08. The lowest BCUT2D eigenvalue weighted by molar-refractivity contribution is 0.100. The van der Waals surface area contributed by atoms with Crippen molar-refractivity contribution in [3.8, 4) is 22.5 Å². The number of nitrogens with one attached hydrogen (secondary N) is 2. The van der Waals surface area contributed by atoms with Gasteiger partial charge in [0.1, 0.15) is 0 Å². The second-order valence-corrected chi connectivity index (χ2v) is 5.00. The molecular formula is C16H12N4O. The van der Waals surface area contributed by atoms with Crippen LogP contribution in [0.3, 0.4) is 0 Å². The van der Waals surface area contributed by atoms with E-state index < -0.39 is 5.91 Å². The number of nitrogens with zero attached hydrogens (tertiary/aromatic N) is 1. The number of aromatic amines is 2. The van der Waals surface area contributed by atoms with Gasteiger partial charge in [0.15, 0.2) is 0 Å². The maximum Gasteiger partial charge on any atom is 0.248 e. The number of fused-ring (bicyclic) bond motifs is 2. The Labute approximate surface area is 120 Å². The molecule has 0 radical (unpaired) electrons. The van der Waals surface area contributed by atoms with Crippen LogP contribution < -0.4 is 5.73 Å². The van der Waals surface area contributed by atoms with Gasteiger partial charge in [-0.1, -0.05) is 18.2 Å². The Morgan fingerprint density at radius 3 is 2.67 bits per heavy atom. The van der Waals surface area contributed by atoms with E-state index in [9.17, 15) is 4.79 Å². The SMILES string of the molecule is NC(=O)c1ccc2cc(-c3[nH][nH]c4cncc3-4)ccc2c1. The molecule has 4 N–H and O–H groups in total. The molecule has 0 saturated heterocycles. The van der Waals surface area contributed by atoms with Crippen LogP contribution in [-0.2, 0) is 0 Å². The molecule has 2 aromatic rings. The zero-order valence-electron chi connectivity index (χ0n) is 11.1. The average Bonchev–Trinajstić information content (AvgIpc) is 3.09. The van der Waals surface area contributed by atoms with Gasteiger partial charge in [0, 0.05) is 22.9 Å². The minimum atomic E-state index is -0.412. The third-order valence-corrected chi connectivity index (χ3v) is 3.70. The first-order valence-electron chi connectivity index (χ1n) is 6.56. The molecular weight excluding hydrogens is 264 g/mol. The molecule has 0 atom stereocenters. The number of primary amides is 1. The van der Waals surface area contributed by atoms with Gasteiger partial charge in [-0.2, -0.15) is 0 Å². The Balaban J connectivity index is 1.86. The van der Waals surface area contributed by atoms with E-state index in [4.69, 9.17) is 5.73 Å². The molecule has 5 heteroatoms. The first kappa shape index (κ1) is 11.7. The van der Waals surface area contributed by atoms with Crippen LogP contribution in [0, 0.1) is 0 Å². The molecule has 102 valence electrons. The van der Waals surface area contributed by atoms with E-state index in [0.29, 0.717) is 5.56 Å². The van der Waals surface area contributed by atoms with Crippen molar-refractivity contribution in [1.29, 1.82) is 0 Å². The van der Waals surface area contributed by atoms with Crippen LogP contribution in [0.25, 0.3) is 33.3 Å². The fraction of sp³-hybridized carbons (Fsp3) is 0. The van der Waals surface area contributed by atoms with Crippen LogP contribution in [0.5, 0.6) is 0 Å². The van der Waals surface area contributed by atoms with Gasteiger partial charge in [-0.15, -0.1) is 0 Å². The summed E-state index contributed by atoms with van der Waals surface area (Å²) in [6.45, 7) is 0. The number of amides is 1. The molecule has 0 aromatic heterocycles. The highest BCUT2D eigenvalue weighted by atomic mass is 16.1. The first-order chi connectivity index (χ1) is 10.2. The van der Waals surface area contributed by atoms with E-state index in [1.54, 1.807) is 12.3 Å². The monoisotopic (exact) mass is 276 g/mol. The van der Waals surface area contributed by atoms with Crippen LogP contribution in [0.2, 0.25) is 0 Å². The van der Waals surface area contributed by atoms with Crippen molar-refractivity contribution in [1.82, 2.24) is 15.2 Å². The molecule has 5 nitrogen and oxygen atoms in total. The number of rotatable bonds is 2. The summed E-state index contributed by atoms with van der Waals surface area (Å²) in [7, 11) is 0. The Kier molecular flexibility index (Phi) is 2.35. The van der Waals surface area contributed by atoms with Crippen LogP contribution in [0.4, 0.5) is 0 Å². The minimum Gasteiger partial charge on any atom is -0.366 e. The lowest BCUT2D eigenvalue weighted by Gasteiger charge is -2.04. The van der Waals surface area contributed by atoms with Crippen LogP contribution >= 0.6 is 0 Å². The van der Waals surface area contributed by atoms with Crippen molar-refractivity contribution in [3.05, 3.63) is 54.4 Å². The fourth-order valence-corrected chi connectivity index (χ4v) is 2.60. The summed E-state index contributed by atoms with van der Waals surface area (Å²) in [4.78, 5) is 15.4. The summed E-state index contributed by atoms with van der Waals surface area (Å²) in [5.74, 6) is -0.412. The van der Waals surface area contributed by atoms with E-state index in [1.165, 1.54) is 0 Å². The number of benzene rings is 2. The number of carbonyl (C=O) groups excluding carboxylic acids is 1. The number of aromatic nitrogens is 3. The van der Waals surface area contributed by atoms with Gasteiger partial charge in [-0.3, -0.25) is 20.0 Å². The minimum absolute atomic E-state index is 0.412. The van der Waals surface area contributed by atoms with Gasteiger partial charge < -0.3 is 5.73 Å². The van der Waals surface area contributed by atoms with Crippen molar-refractivity contribution < 1.29 is 4.79 Å². The lowest BCUT2D eigenvalue weighted by atomic mass is 10.0. The van der Waals surface area contributed by atoms with Gasteiger partial charge in [0.05, 0.1) is 17.6 Å². The summed E-state index contributed by atoms with van der Waals surface area (Å²) in [6, 6.07) is 11.5. The standard InChI is InChI=1S/C16H12N4O/c17-16(21)12-4-2-9-5-11(3-1-10(9)6-12)15-13-7-18-8-14(13)19-20-15/h1-8,19-20H,(H2,17,21). The summed E-state index contributed by atoms with van der Waals surface area (Å²) in [5, 5.41) is 8.30. The molecule has 2 aliphatic heterocycles. The van der Waals surface area contributed by atoms with Crippen molar-refractivity contribution in [3.63, 3.8) is 0 Å². The highest BCUT2D eigenvalue weighted by Crippen LogP contribution is 2.32. The molecule has 2 aliphatic rings. The average molecular weight is 276 g/mol. The summed E-state index contributed by atoms with van der Waals surface area (Å²) >= 11 is 0. The van der Waals surface area contributed by atoms with Crippen molar-refractivity contribution in [2.75, 3.05) is 0 Å². The van der Waals surface area contributed by atoms with Gasteiger partial charge in [0.25, 0.3) is 0 Å². The second-order valence-electron chi connectivity index (χ2n) is 5.00. The van der Waals surface area contributed by atoms with Gasteiger partial charge in [-0.25, -0.2) is 0 Å². The highest BCUT2D eigenvalue weighted by Gasteiger charge is 2.13. The molecule has 0 saturated carbocycles. The van der Waals surface area contributed by atoms with Gasteiger partial charge >= 0.3 is 0 Å².